The quantitative estimate of drug-likeness (QED) is 0.808. The van der Waals surface area contributed by atoms with E-state index in [9.17, 15) is 21.6 Å². The number of imidazole rings is 1. The molecule has 8 nitrogen and oxygen atoms in total. The van der Waals surface area contributed by atoms with E-state index in [2.05, 4.69) is 16.8 Å². The maximum absolute atomic E-state index is 12.4. The van der Waals surface area contributed by atoms with Gasteiger partial charge in [-0.05, 0) is 19.5 Å². The summed E-state index contributed by atoms with van der Waals surface area (Å²) in [6, 6.07) is 0. The van der Waals surface area contributed by atoms with Crippen LogP contribution in [-0.4, -0.2) is 77.1 Å². The van der Waals surface area contributed by atoms with Gasteiger partial charge in [-0.15, -0.1) is 0 Å². The first-order valence-electron chi connectivity index (χ1n) is 7.90. The van der Waals surface area contributed by atoms with Crippen LogP contribution >= 0.6 is 0 Å². The Labute approximate surface area is 149 Å². The fourth-order valence-electron chi connectivity index (χ4n) is 3.08. The number of aryl methyl sites for hydroxylation is 1. The van der Waals surface area contributed by atoms with Gasteiger partial charge in [0, 0.05) is 38.3 Å². The second kappa shape index (κ2) is 7.16. The standard InChI is InChI=1S/C12H20N4O2S.C2HF3O2/c1-3-15-5-4-12(7-15)8-16(9-12)19(17,18)11-6-14(2)10-13-11;3-2(4,5)1(6)7/h6,10H,3-5,7-9H2,1-2H3;(H,6,7). The van der Waals surface area contributed by atoms with Crippen LogP contribution in [0.4, 0.5) is 13.2 Å². The van der Waals surface area contributed by atoms with Crippen molar-refractivity contribution in [3.8, 4) is 0 Å². The number of sulfonamides is 1. The molecule has 3 rings (SSSR count). The average Bonchev–Trinajstić information content (AvgIpc) is 3.11. The number of hydrogen-bond donors (Lipinski definition) is 1. The fourth-order valence-corrected chi connectivity index (χ4v) is 4.71. The van der Waals surface area contributed by atoms with Crippen LogP contribution in [0.25, 0.3) is 0 Å². The number of carboxylic acid groups (broad SMARTS) is 1. The molecule has 0 radical (unpaired) electrons. The van der Waals surface area contributed by atoms with Crippen molar-refractivity contribution in [2.24, 2.45) is 12.5 Å². The van der Waals surface area contributed by atoms with Gasteiger partial charge >= 0.3 is 12.1 Å². The van der Waals surface area contributed by atoms with Gasteiger partial charge in [0.25, 0.3) is 10.0 Å². The Hall–Kier alpha value is -1.66. The minimum atomic E-state index is -5.08. The van der Waals surface area contributed by atoms with Gasteiger partial charge in [-0.1, -0.05) is 6.92 Å². The third-order valence-corrected chi connectivity index (χ3v) is 6.19. The summed E-state index contributed by atoms with van der Waals surface area (Å²) in [5, 5.41) is 7.29. The highest BCUT2D eigenvalue weighted by Gasteiger charge is 2.51. The van der Waals surface area contributed by atoms with Crippen LogP contribution in [0, 0.1) is 5.41 Å². The van der Waals surface area contributed by atoms with Gasteiger partial charge in [0.05, 0.1) is 6.33 Å². The molecular weight excluding hydrogens is 377 g/mol. The van der Waals surface area contributed by atoms with Crippen LogP contribution < -0.4 is 0 Å². The van der Waals surface area contributed by atoms with Gasteiger partial charge in [0.1, 0.15) is 0 Å². The summed E-state index contributed by atoms with van der Waals surface area (Å²) in [6.07, 6.45) is -0.890. The maximum atomic E-state index is 12.4. The van der Waals surface area contributed by atoms with Gasteiger partial charge < -0.3 is 14.6 Å². The first-order valence-corrected chi connectivity index (χ1v) is 9.34. The van der Waals surface area contributed by atoms with Crippen LogP contribution in [0.2, 0.25) is 0 Å². The van der Waals surface area contributed by atoms with Crippen molar-refractivity contribution in [3.05, 3.63) is 12.5 Å². The molecule has 148 valence electrons. The van der Waals surface area contributed by atoms with E-state index in [-0.39, 0.29) is 10.4 Å². The molecule has 2 aliphatic rings. The number of hydrogen-bond acceptors (Lipinski definition) is 5. The number of rotatable bonds is 3. The monoisotopic (exact) mass is 398 g/mol. The van der Waals surface area contributed by atoms with Gasteiger partial charge in [-0.2, -0.15) is 17.5 Å². The number of nitrogens with zero attached hydrogens (tertiary/aromatic N) is 4. The third-order valence-electron chi connectivity index (χ3n) is 4.52. The zero-order valence-electron chi connectivity index (χ0n) is 14.4. The number of carbonyl (C=O) groups is 1. The molecule has 1 spiro atoms. The Morgan fingerprint density at radius 2 is 1.92 bits per heavy atom. The van der Waals surface area contributed by atoms with Crippen LogP contribution in [0.3, 0.4) is 0 Å². The van der Waals surface area contributed by atoms with E-state index in [4.69, 9.17) is 9.90 Å². The lowest BCUT2D eigenvalue weighted by molar-refractivity contribution is -0.192. The minimum Gasteiger partial charge on any atom is -0.475 e. The topological polar surface area (TPSA) is 95.7 Å². The summed E-state index contributed by atoms with van der Waals surface area (Å²) < 4.78 is 59.7. The molecule has 2 fully saturated rings. The van der Waals surface area contributed by atoms with Crippen molar-refractivity contribution in [2.45, 2.75) is 24.5 Å². The predicted molar refractivity (Wildman–Crippen MR) is 84.8 cm³/mol. The Bertz CT molecular complexity index is 756. The van der Waals surface area contributed by atoms with Crippen molar-refractivity contribution < 1.29 is 31.5 Å². The number of aliphatic carboxylic acids is 1. The largest absolute Gasteiger partial charge is 0.490 e. The zero-order valence-corrected chi connectivity index (χ0v) is 15.2. The van der Waals surface area contributed by atoms with Gasteiger partial charge in [0.15, 0.2) is 5.03 Å². The number of halogens is 3. The molecule has 1 N–H and O–H groups in total. The summed E-state index contributed by atoms with van der Waals surface area (Å²) >= 11 is 0. The van der Waals surface area contributed by atoms with Crippen molar-refractivity contribution in [1.29, 1.82) is 0 Å². The summed E-state index contributed by atoms with van der Waals surface area (Å²) in [6.45, 7) is 6.60. The normalized spacial score (nSPS) is 20.5. The van der Waals surface area contributed by atoms with Gasteiger partial charge in [0.2, 0.25) is 0 Å². The third kappa shape index (κ3) is 4.35. The van der Waals surface area contributed by atoms with Crippen molar-refractivity contribution >= 4 is 16.0 Å². The molecule has 26 heavy (non-hydrogen) atoms. The Morgan fingerprint density at radius 3 is 2.31 bits per heavy atom. The lowest BCUT2D eigenvalue weighted by atomic mass is 9.81. The zero-order chi connectivity index (χ0) is 19.8. The Morgan fingerprint density at radius 1 is 1.35 bits per heavy atom. The molecule has 12 heteroatoms. The molecule has 3 heterocycles. The first kappa shape index (κ1) is 20.6. The molecule has 0 saturated carbocycles. The smallest absolute Gasteiger partial charge is 0.475 e. The number of aromatic nitrogens is 2. The summed E-state index contributed by atoms with van der Waals surface area (Å²) in [4.78, 5) is 15.2. The Balaban J connectivity index is 0.000000298. The van der Waals surface area contributed by atoms with Crippen LogP contribution in [0.15, 0.2) is 17.6 Å². The lowest BCUT2D eigenvalue weighted by Crippen LogP contribution is -2.59. The number of carboxylic acids is 1. The van der Waals surface area contributed by atoms with E-state index in [1.165, 1.54) is 6.33 Å². The van der Waals surface area contributed by atoms with Crippen LogP contribution in [-0.2, 0) is 21.9 Å². The van der Waals surface area contributed by atoms with E-state index in [1.807, 2.05) is 0 Å². The highest BCUT2D eigenvalue weighted by molar-refractivity contribution is 7.89. The molecule has 0 amide bonds. The molecule has 2 aliphatic heterocycles. The SMILES string of the molecule is CCN1CCC2(C1)CN(S(=O)(=O)c1cn(C)cn1)C2.O=C(O)C(F)(F)F. The highest BCUT2D eigenvalue weighted by atomic mass is 32.2. The van der Waals surface area contributed by atoms with E-state index >= 15 is 0 Å². The molecule has 0 bridgehead atoms. The van der Waals surface area contributed by atoms with Crippen LogP contribution in [0.1, 0.15) is 13.3 Å². The van der Waals surface area contributed by atoms with Crippen molar-refractivity contribution in [2.75, 3.05) is 32.7 Å². The van der Waals surface area contributed by atoms with E-state index in [0.717, 1.165) is 26.1 Å². The summed E-state index contributed by atoms with van der Waals surface area (Å²) in [7, 11) is -1.61. The number of likely N-dealkylation sites (tertiary alicyclic amines) is 1. The molecule has 0 aromatic carbocycles. The maximum Gasteiger partial charge on any atom is 0.490 e. The molecule has 0 aliphatic carbocycles. The molecule has 1 aromatic rings. The highest BCUT2D eigenvalue weighted by Crippen LogP contribution is 2.41. The average molecular weight is 398 g/mol. The lowest BCUT2D eigenvalue weighted by Gasteiger charge is -2.46. The van der Waals surface area contributed by atoms with Crippen molar-refractivity contribution in [1.82, 2.24) is 18.8 Å². The Kier molecular flexibility index (Phi) is 5.69. The number of alkyl halides is 3. The van der Waals surface area contributed by atoms with E-state index in [0.29, 0.717) is 13.1 Å². The molecular formula is C14H21F3N4O4S. The second-order valence-corrected chi connectivity index (χ2v) is 8.46. The minimum absolute atomic E-state index is 0.162. The molecule has 0 atom stereocenters. The molecule has 1 aromatic heterocycles. The second-order valence-electron chi connectivity index (χ2n) is 6.57. The van der Waals surface area contributed by atoms with E-state index in [1.54, 1.807) is 22.1 Å². The summed E-state index contributed by atoms with van der Waals surface area (Å²) in [5.74, 6) is -2.76. The first-order chi connectivity index (χ1) is 11.9. The van der Waals surface area contributed by atoms with Gasteiger partial charge in [-0.3, -0.25) is 0 Å². The van der Waals surface area contributed by atoms with Crippen molar-refractivity contribution in [3.63, 3.8) is 0 Å². The summed E-state index contributed by atoms with van der Waals surface area (Å²) in [5.41, 5.74) is 0.192. The van der Waals surface area contributed by atoms with Crippen LogP contribution in [0.5, 0.6) is 0 Å². The fraction of sp³-hybridized carbons (Fsp3) is 0.714. The molecule has 2 saturated heterocycles. The predicted octanol–water partition coefficient (Wildman–Crippen LogP) is 0.770. The van der Waals surface area contributed by atoms with Gasteiger partial charge in [-0.25, -0.2) is 18.2 Å². The van der Waals surface area contributed by atoms with E-state index < -0.39 is 22.2 Å². The molecule has 0 unspecified atom stereocenters.